The van der Waals surface area contributed by atoms with Crippen LogP contribution in [0.2, 0.25) is 5.15 Å². The molecule has 2 nitrogen and oxygen atoms in total. The van der Waals surface area contributed by atoms with Crippen molar-refractivity contribution in [2.75, 3.05) is 0 Å². The second kappa shape index (κ2) is 5.20. The van der Waals surface area contributed by atoms with Gasteiger partial charge >= 0.3 is 0 Å². The summed E-state index contributed by atoms with van der Waals surface area (Å²) in [6.45, 7) is 6.18. The highest BCUT2D eigenvalue weighted by Gasteiger charge is 2.06. The zero-order valence-electron chi connectivity index (χ0n) is 8.88. The third kappa shape index (κ3) is 3.18. The summed E-state index contributed by atoms with van der Waals surface area (Å²) in [5.74, 6) is 0.839. The lowest BCUT2D eigenvalue weighted by atomic mass is 10.2. The molecule has 1 atom stereocenters. The summed E-state index contributed by atoms with van der Waals surface area (Å²) in [5.41, 5.74) is 1.03. The molecule has 0 fully saturated rings. The maximum absolute atomic E-state index is 5.79. The average molecular weight is 214 g/mol. The molecule has 1 rings (SSSR count). The molecule has 0 aliphatic rings. The minimum absolute atomic E-state index is 0.233. The topological polar surface area (TPSA) is 22.1 Å². The van der Waals surface area contributed by atoms with E-state index in [2.05, 4.69) is 18.8 Å². The summed E-state index contributed by atoms with van der Waals surface area (Å²) in [6, 6.07) is 1.77. The number of hydrogen-bond donors (Lipinski definition) is 0. The van der Waals surface area contributed by atoms with Crippen LogP contribution in [0.15, 0.2) is 12.3 Å². The highest BCUT2D eigenvalue weighted by Crippen LogP contribution is 2.22. The summed E-state index contributed by atoms with van der Waals surface area (Å²) >= 11 is 5.79. The third-order valence-electron chi connectivity index (χ3n) is 2.04. The van der Waals surface area contributed by atoms with E-state index in [9.17, 15) is 0 Å². The van der Waals surface area contributed by atoms with Crippen molar-refractivity contribution in [2.24, 2.45) is 0 Å². The maximum atomic E-state index is 5.79. The van der Waals surface area contributed by atoms with Crippen LogP contribution in [0.3, 0.4) is 0 Å². The van der Waals surface area contributed by atoms with Gasteiger partial charge in [0.25, 0.3) is 0 Å². The predicted molar refractivity (Wildman–Crippen MR) is 59.0 cm³/mol. The number of rotatable bonds is 4. The van der Waals surface area contributed by atoms with E-state index in [4.69, 9.17) is 16.3 Å². The zero-order chi connectivity index (χ0) is 10.6. The van der Waals surface area contributed by atoms with Crippen LogP contribution in [-0.2, 0) is 0 Å². The highest BCUT2D eigenvalue weighted by atomic mass is 35.5. The van der Waals surface area contributed by atoms with Gasteiger partial charge in [-0.05, 0) is 20.3 Å². The van der Waals surface area contributed by atoms with E-state index in [-0.39, 0.29) is 6.10 Å². The fourth-order valence-corrected chi connectivity index (χ4v) is 1.44. The van der Waals surface area contributed by atoms with Gasteiger partial charge in [-0.2, -0.15) is 0 Å². The molecule has 0 N–H and O–H groups in total. The molecule has 1 aromatic rings. The summed E-state index contributed by atoms with van der Waals surface area (Å²) < 4.78 is 5.74. The Bertz CT molecular complexity index is 301. The van der Waals surface area contributed by atoms with Gasteiger partial charge < -0.3 is 4.74 Å². The van der Waals surface area contributed by atoms with Crippen molar-refractivity contribution in [3.05, 3.63) is 23.0 Å². The van der Waals surface area contributed by atoms with Crippen LogP contribution in [0.4, 0.5) is 0 Å². The SMILES string of the molecule is CCCC(C)Oc1cc(Cl)ncc1C. The molecule has 0 aliphatic carbocycles. The quantitative estimate of drug-likeness (QED) is 0.713. The van der Waals surface area contributed by atoms with Gasteiger partial charge in [-0.15, -0.1) is 0 Å². The van der Waals surface area contributed by atoms with E-state index < -0.39 is 0 Å². The van der Waals surface area contributed by atoms with Gasteiger partial charge in [0.05, 0.1) is 6.10 Å². The van der Waals surface area contributed by atoms with Gasteiger partial charge in [0.1, 0.15) is 10.9 Å². The molecule has 0 spiro atoms. The molecule has 14 heavy (non-hydrogen) atoms. The monoisotopic (exact) mass is 213 g/mol. The Balaban J connectivity index is 2.70. The molecule has 0 amide bonds. The third-order valence-corrected chi connectivity index (χ3v) is 2.25. The van der Waals surface area contributed by atoms with Gasteiger partial charge in [0, 0.05) is 17.8 Å². The van der Waals surface area contributed by atoms with Crippen LogP contribution in [0.1, 0.15) is 32.3 Å². The Morgan fingerprint density at radius 2 is 2.29 bits per heavy atom. The number of halogens is 1. The normalized spacial score (nSPS) is 12.6. The second-order valence-electron chi connectivity index (χ2n) is 3.49. The van der Waals surface area contributed by atoms with Crippen molar-refractivity contribution in [1.29, 1.82) is 0 Å². The van der Waals surface area contributed by atoms with E-state index in [0.29, 0.717) is 5.15 Å². The fourth-order valence-electron chi connectivity index (χ4n) is 1.29. The average Bonchev–Trinajstić information content (AvgIpc) is 2.12. The van der Waals surface area contributed by atoms with Crippen LogP contribution in [-0.4, -0.2) is 11.1 Å². The van der Waals surface area contributed by atoms with Crippen LogP contribution in [0, 0.1) is 6.92 Å². The van der Waals surface area contributed by atoms with E-state index in [0.717, 1.165) is 24.2 Å². The number of aryl methyl sites for hydroxylation is 1. The molecule has 1 unspecified atom stereocenters. The molecule has 0 bridgehead atoms. The van der Waals surface area contributed by atoms with Crippen LogP contribution in [0.25, 0.3) is 0 Å². The lowest BCUT2D eigenvalue weighted by Gasteiger charge is -2.15. The van der Waals surface area contributed by atoms with Crippen molar-refractivity contribution >= 4 is 11.6 Å². The molecule has 0 aromatic carbocycles. The summed E-state index contributed by atoms with van der Waals surface area (Å²) in [5, 5.41) is 0.481. The number of ether oxygens (including phenoxy) is 1. The molecular formula is C11H16ClNO. The first-order chi connectivity index (χ1) is 6.63. The lowest BCUT2D eigenvalue weighted by molar-refractivity contribution is 0.208. The Kier molecular flexibility index (Phi) is 4.21. The molecule has 0 saturated heterocycles. The van der Waals surface area contributed by atoms with Gasteiger partial charge in [-0.1, -0.05) is 24.9 Å². The molecule has 1 heterocycles. The van der Waals surface area contributed by atoms with Crippen molar-refractivity contribution in [2.45, 2.75) is 39.7 Å². The summed E-state index contributed by atoms with van der Waals surface area (Å²) in [4.78, 5) is 3.98. The number of aromatic nitrogens is 1. The Morgan fingerprint density at radius 1 is 1.57 bits per heavy atom. The number of pyridine rings is 1. The molecule has 0 saturated carbocycles. The smallest absolute Gasteiger partial charge is 0.132 e. The minimum atomic E-state index is 0.233. The molecule has 1 aromatic heterocycles. The lowest BCUT2D eigenvalue weighted by Crippen LogP contribution is -2.11. The zero-order valence-corrected chi connectivity index (χ0v) is 9.64. The van der Waals surface area contributed by atoms with Crippen molar-refractivity contribution < 1.29 is 4.74 Å². The standard InChI is InChI=1S/C11H16ClNO/c1-4-5-9(3)14-10-6-11(12)13-7-8(10)2/h6-7,9H,4-5H2,1-3H3. The summed E-state index contributed by atoms with van der Waals surface area (Å²) in [6.07, 6.45) is 4.14. The van der Waals surface area contributed by atoms with E-state index in [1.165, 1.54) is 0 Å². The first-order valence-corrected chi connectivity index (χ1v) is 5.30. The Labute approximate surface area is 90.3 Å². The Hall–Kier alpha value is -0.760. The largest absolute Gasteiger partial charge is 0.490 e. The van der Waals surface area contributed by atoms with E-state index in [1.54, 1.807) is 12.3 Å². The Morgan fingerprint density at radius 3 is 2.93 bits per heavy atom. The number of nitrogens with zero attached hydrogens (tertiary/aromatic N) is 1. The van der Waals surface area contributed by atoms with Crippen molar-refractivity contribution in [3.8, 4) is 5.75 Å². The second-order valence-corrected chi connectivity index (χ2v) is 3.88. The molecule has 0 radical (unpaired) electrons. The van der Waals surface area contributed by atoms with Crippen LogP contribution < -0.4 is 4.74 Å². The fraction of sp³-hybridized carbons (Fsp3) is 0.545. The van der Waals surface area contributed by atoms with E-state index >= 15 is 0 Å². The van der Waals surface area contributed by atoms with E-state index in [1.807, 2.05) is 6.92 Å². The van der Waals surface area contributed by atoms with Crippen molar-refractivity contribution in [3.63, 3.8) is 0 Å². The number of hydrogen-bond acceptors (Lipinski definition) is 2. The maximum Gasteiger partial charge on any atom is 0.132 e. The van der Waals surface area contributed by atoms with Gasteiger partial charge in [0.2, 0.25) is 0 Å². The van der Waals surface area contributed by atoms with Gasteiger partial charge in [-0.25, -0.2) is 4.98 Å². The first kappa shape index (κ1) is 11.3. The molecule has 78 valence electrons. The van der Waals surface area contributed by atoms with Crippen LogP contribution in [0.5, 0.6) is 5.75 Å². The minimum Gasteiger partial charge on any atom is -0.490 e. The predicted octanol–water partition coefficient (Wildman–Crippen LogP) is 3.61. The molecule has 0 aliphatic heterocycles. The highest BCUT2D eigenvalue weighted by molar-refractivity contribution is 6.29. The van der Waals surface area contributed by atoms with Crippen LogP contribution >= 0.6 is 11.6 Å². The van der Waals surface area contributed by atoms with Gasteiger partial charge in [0.15, 0.2) is 0 Å². The van der Waals surface area contributed by atoms with Gasteiger partial charge in [-0.3, -0.25) is 0 Å². The van der Waals surface area contributed by atoms with Crippen molar-refractivity contribution in [1.82, 2.24) is 4.98 Å². The molecular weight excluding hydrogens is 198 g/mol. The first-order valence-electron chi connectivity index (χ1n) is 4.92. The molecule has 3 heteroatoms. The summed E-state index contributed by atoms with van der Waals surface area (Å²) in [7, 11) is 0.